The molecule has 0 spiro atoms. The summed E-state index contributed by atoms with van der Waals surface area (Å²) >= 11 is 0. The number of aliphatic hydroxyl groups excluding tert-OH is 4. The summed E-state index contributed by atoms with van der Waals surface area (Å²) in [5.41, 5.74) is 0. The van der Waals surface area contributed by atoms with E-state index in [0.717, 1.165) is 0 Å². The van der Waals surface area contributed by atoms with Crippen molar-refractivity contribution in [2.24, 2.45) is 0 Å². The monoisotopic (exact) mass is 576 g/mol. The highest BCUT2D eigenvalue weighted by molar-refractivity contribution is 4.55. The normalized spacial score (nSPS) is 14.5. The molecule has 4 N–H and O–H groups in total. The highest BCUT2D eigenvalue weighted by Crippen LogP contribution is 2.00. The SMILES string of the molecule is CC(O)COC(C)COC(C)COC(C)CO.OCCOCCOCCOCCOCCOCCOCCO. The van der Waals surface area contributed by atoms with Gasteiger partial charge in [-0.2, -0.15) is 0 Å². The minimum Gasteiger partial charge on any atom is -0.394 e. The topological polar surface area (TPSA) is 164 Å². The minimum atomic E-state index is -0.455. The number of aliphatic hydroxyl groups is 4. The zero-order chi connectivity index (χ0) is 29.4. The summed E-state index contributed by atoms with van der Waals surface area (Å²) in [6, 6.07) is 0. The summed E-state index contributed by atoms with van der Waals surface area (Å²) in [7, 11) is 0. The lowest BCUT2D eigenvalue weighted by Crippen LogP contribution is -2.27. The summed E-state index contributed by atoms with van der Waals surface area (Å²) in [4.78, 5) is 0. The molecule has 0 rings (SSSR count). The van der Waals surface area contributed by atoms with Crippen LogP contribution in [0.25, 0.3) is 0 Å². The van der Waals surface area contributed by atoms with Crippen LogP contribution in [0.2, 0.25) is 0 Å². The molecule has 4 atom stereocenters. The Balaban J connectivity index is 0. The third-order valence-electron chi connectivity index (χ3n) is 4.44. The van der Waals surface area contributed by atoms with Crippen LogP contribution in [-0.2, 0) is 42.6 Å². The fourth-order valence-corrected chi connectivity index (χ4v) is 2.38. The van der Waals surface area contributed by atoms with Crippen LogP contribution in [0.1, 0.15) is 27.7 Å². The van der Waals surface area contributed by atoms with E-state index in [1.54, 1.807) is 13.8 Å². The van der Waals surface area contributed by atoms with E-state index in [1.165, 1.54) is 0 Å². The Morgan fingerprint density at radius 2 is 0.692 bits per heavy atom. The molecule has 0 saturated carbocycles. The fraction of sp³-hybridized carbons (Fsp3) is 1.00. The predicted molar refractivity (Wildman–Crippen MR) is 144 cm³/mol. The standard InChI is InChI=1S/C14H30O8.C12H26O5/c15-1-3-17-5-7-19-9-11-21-13-14-22-12-10-20-8-6-18-4-2-16;1-9(14)6-15-11(3)8-17-12(4)7-16-10(2)5-13/h15-16H,1-14H2;9-14H,5-8H2,1-4H3. The summed E-state index contributed by atoms with van der Waals surface area (Å²) in [6.07, 6.45) is -0.711. The highest BCUT2D eigenvalue weighted by atomic mass is 16.6. The van der Waals surface area contributed by atoms with Crippen LogP contribution in [0.5, 0.6) is 0 Å². The van der Waals surface area contributed by atoms with Crippen LogP contribution in [0.3, 0.4) is 0 Å². The molecule has 13 nitrogen and oxygen atoms in total. The lowest BCUT2D eigenvalue weighted by atomic mass is 10.3. The first-order chi connectivity index (χ1) is 18.9. The van der Waals surface area contributed by atoms with E-state index in [0.29, 0.717) is 99.1 Å². The summed E-state index contributed by atoms with van der Waals surface area (Å²) < 4.78 is 47.4. The van der Waals surface area contributed by atoms with E-state index in [4.69, 9.17) is 63.1 Å². The van der Waals surface area contributed by atoms with Crippen molar-refractivity contribution in [2.45, 2.75) is 52.1 Å². The van der Waals surface area contributed by atoms with Crippen molar-refractivity contribution in [1.82, 2.24) is 0 Å². The zero-order valence-electron chi connectivity index (χ0n) is 24.5. The maximum absolute atomic E-state index is 9.04. The smallest absolute Gasteiger partial charge is 0.0781 e. The van der Waals surface area contributed by atoms with Gasteiger partial charge in [-0.25, -0.2) is 0 Å². The highest BCUT2D eigenvalue weighted by Gasteiger charge is 2.10. The molecule has 238 valence electrons. The van der Waals surface area contributed by atoms with Crippen LogP contribution in [0.4, 0.5) is 0 Å². The van der Waals surface area contributed by atoms with E-state index < -0.39 is 6.10 Å². The van der Waals surface area contributed by atoms with E-state index in [9.17, 15) is 0 Å². The molecule has 0 saturated heterocycles. The van der Waals surface area contributed by atoms with Crippen LogP contribution >= 0.6 is 0 Å². The van der Waals surface area contributed by atoms with Gasteiger partial charge in [0, 0.05) is 0 Å². The fourth-order valence-electron chi connectivity index (χ4n) is 2.38. The molecule has 0 aliphatic heterocycles. The first-order valence-corrected chi connectivity index (χ1v) is 13.7. The van der Waals surface area contributed by atoms with Gasteiger partial charge in [0.25, 0.3) is 0 Å². The van der Waals surface area contributed by atoms with Crippen LogP contribution in [-0.4, -0.2) is 164 Å². The third kappa shape index (κ3) is 37.5. The average molecular weight is 577 g/mol. The van der Waals surface area contributed by atoms with Crippen molar-refractivity contribution in [3.05, 3.63) is 0 Å². The maximum Gasteiger partial charge on any atom is 0.0781 e. The molecule has 0 aliphatic carbocycles. The molecule has 39 heavy (non-hydrogen) atoms. The molecule has 13 heteroatoms. The van der Waals surface area contributed by atoms with Gasteiger partial charge >= 0.3 is 0 Å². The predicted octanol–water partition coefficient (Wildman–Crippen LogP) is -0.355. The molecule has 0 heterocycles. The van der Waals surface area contributed by atoms with Gasteiger partial charge in [-0.15, -0.1) is 0 Å². The van der Waals surface area contributed by atoms with Gasteiger partial charge in [0.2, 0.25) is 0 Å². The number of hydrogen-bond donors (Lipinski definition) is 4. The first kappa shape index (κ1) is 40.6. The minimum absolute atomic E-state index is 0.0145. The Kier molecular flexibility index (Phi) is 35.1. The third-order valence-corrected chi connectivity index (χ3v) is 4.44. The van der Waals surface area contributed by atoms with Crippen molar-refractivity contribution in [3.8, 4) is 0 Å². The molecule has 0 aromatic rings. The average Bonchev–Trinajstić information content (AvgIpc) is 2.93. The van der Waals surface area contributed by atoms with E-state index in [1.807, 2.05) is 13.8 Å². The molecule has 0 fully saturated rings. The Hall–Kier alpha value is -0.520. The zero-order valence-corrected chi connectivity index (χ0v) is 24.5. The second-order valence-corrected chi connectivity index (χ2v) is 8.58. The number of rotatable bonds is 29. The Labute approximate surface area is 234 Å². The molecule has 0 aromatic carbocycles. The molecule has 0 radical (unpaired) electrons. The van der Waals surface area contributed by atoms with Crippen LogP contribution in [0, 0.1) is 0 Å². The van der Waals surface area contributed by atoms with Gasteiger partial charge < -0.3 is 63.1 Å². The van der Waals surface area contributed by atoms with Gasteiger partial charge in [-0.3, -0.25) is 0 Å². The van der Waals surface area contributed by atoms with Crippen molar-refractivity contribution in [2.75, 3.05) is 119 Å². The quantitative estimate of drug-likeness (QED) is 0.0855. The first-order valence-electron chi connectivity index (χ1n) is 13.7. The van der Waals surface area contributed by atoms with E-state index in [2.05, 4.69) is 0 Å². The molecule has 0 bridgehead atoms. The molecular formula is C26H56O13. The molecule has 0 aliphatic rings. The van der Waals surface area contributed by atoms with Crippen molar-refractivity contribution in [3.63, 3.8) is 0 Å². The Morgan fingerprint density at radius 3 is 0.974 bits per heavy atom. The van der Waals surface area contributed by atoms with Crippen molar-refractivity contribution in [1.29, 1.82) is 0 Å². The van der Waals surface area contributed by atoms with Crippen molar-refractivity contribution >= 4 is 0 Å². The summed E-state index contributed by atoms with van der Waals surface area (Å²) in [6.45, 7) is 14.3. The lowest BCUT2D eigenvalue weighted by molar-refractivity contribution is -0.0825. The molecule has 4 unspecified atom stereocenters. The Morgan fingerprint density at radius 1 is 0.410 bits per heavy atom. The number of hydrogen-bond acceptors (Lipinski definition) is 13. The van der Waals surface area contributed by atoms with Crippen LogP contribution in [0.15, 0.2) is 0 Å². The van der Waals surface area contributed by atoms with Gasteiger partial charge in [-0.1, -0.05) is 0 Å². The second kappa shape index (κ2) is 33.7. The van der Waals surface area contributed by atoms with Crippen LogP contribution < -0.4 is 0 Å². The van der Waals surface area contributed by atoms with Gasteiger partial charge in [0.1, 0.15) is 0 Å². The van der Waals surface area contributed by atoms with Crippen molar-refractivity contribution < 1.29 is 63.1 Å². The van der Waals surface area contributed by atoms with E-state index in [-0.39, 0.29) is 38.1 Å². The van der Waals surface area contributed by atoms with E-state index >= 15 is 0 Å². The summed E-state index contributed by atoms with van der Waals surface area (Å²) in [5, 5.41) is 34.8. The maximum atomic E-state index is 9.04. The number of ether oxygens (including phenoxy) is 9. The second-order valence-electron chi connectivity index (χ2n) is 8.58. The lowest BCUT2D eigenvalue weighted by Gasteiger charge is -2.19. The van der Waals surface area contributed by atoms with Gasteiger partial charge in [-0.05, 0) is 27.7 Å². The molecule has 0 aromatic heterocycles. The molecule has 0 amide bonds. The van der Waals surface area contributed by atoms with Gasteiger partial charge in [0.05, 0.1) is 143 Å². The Bertz CT molecular complexity index is 426. The largest absolute Gasteiger partial charge is 0.394 e. The van der Waals surface area contributed by atoms with Gasteiger partial charge in [0.15, 0.2) is 0 Å². The summed E-state index contributed by atoms with van der Waals surface area (Å²) in [5.74, 6) is 0. The molecular weight excluding hydrogens is 520 g/mol.